The molecule has 5 heteroatoms. The van der Waals surface area contributed by atoms with Crippen LogP contribution in [0, 0.1) is 17.7 Å². The molecule has 3 unspecified atom stereocenters. The van der Waals surface area contributed by atoms with Crippen molar-refractivity contribution in [2.45, 2.75) is 33.2 Å². The normalized spacial score (nSPS) is 26.4. The van der Waals surface area contributed by atoms with Crippen LogP contribution in [0.2, 0.25) is 0 Å². The van der Waals surface area contributed by atoms with Crippen molar-refractivity contribution in [3.05, 3.63) is 29.6 Å². The number of piperidine rings is 1. The molecule has 4 nitrogen and oxygen atoms in total. The number of likely N-dealkylation sites (tertiary alicyclic amines) is 1. The van der Waals surface area contributed by atoms with E-state index in [-0.39, 0.29) is 17.6 Å². The predicted octanol–water partition coefficient (Wildman–Crippen LogP) is 2.62. The molecular formula is C15H22FN3O. The van der Waals surface area contributed by atoms with Crippen molar-refractivity contribution in [3.63, 3.8) is 0 Å². The van der Waals surface area contributed by atoms with Crippen LogP contribution in [0.25, 0.3) is 0 Å². The summed E-state index contributed by atoms with van der Waals surface area (Å²) in [6.45, 7) is 7.03. The Morgan fingerprint density at radius 2 is 2.10 bits per heavy atom. The number of rotatable bonds is 2. The largest absolute Gasteiger partial charge is 0.335 e. The Labute approximate surface area is 119 Å². The van der Waals surface area contributed by atoms with Crippen molar-refractivity contribution in [1.29, 1.82) is 0 Å². The molecular weight excluding hydrogens is 257 g/mol. The number of benzene rings is 1. The third-order valence-electron chi connectivity index (χ3n) is 4.25. The van der Waals surface area contributed by atoms with E-state index in [9.17, 15) is 9.18 Å². The predicted molar refractivity (Wildman–Crippen MR) is 77.7 cm³/mol. The molecule has 1 amide bonds. The Bertz CT molecular complexity index is 506. The zero-order valence-corrected chi connectivity index (χ0v) is 12.2. The molecule has 0 saturated carbocycles. The van der Waals surface area contributed by atoms with Crippen LogP contribution < -0.4 is 11.3 Å². The van der Waals surface area contributed by atoms with Gasteiger partial charge >= 0.3 is 0 Å². The summed E-state index contributed by atoms with van der Waals surface area (Å²) in [5.74, 6) is 5.56. The lowest BCUT2D eigenvalue weighted by Crippen LogP contribution is -2.49. The van der Waals surface area contributed by atoms with E-state index < -0.39 is 5.82 Å². The molecule has 110 valence electrons. The van der Waals surface area contributed by atoms with E-state index in [1.807, 2.05) is 11.8 Å². The van der Waals surface area contributed by atoms with Crippen LogP contribution in [0.15, 0.2) is 18.2 Å². The van der Waals surface area contributed by atoms with Crippen molar-refractivity contribution in [3.8, 4) is 0 Å². The number of nitrogens with zero attached hydrogens (tertiary/aromatic N) is 1. The van der Waals surface area contributed by atoms with Gasteiger partial charge in [0.2, 0.25) is 0 Å². The van der Waals surface area contributed by atoms with Crippen LogP contribution in [0.4, 0.5) is 10.1 Å². The lowest BCUT2D eigenvalue weighted by Gasteiger charge is -2.41. The molecule has 0 aromatic heterocycles. The highest BCUT2D eigenvalue weighted by molar-refractivity contribution is 5.99. The van der Waals surface area contributed by atoms with Crippen molar-refractivity contribution >= 4 is 11.6 Å². The first-order valence-corrected chi connectivity index (χ1v) is 7.01. The Morgan fingerprint density at radius 3 is 2.75 bits per heavy atom. The number of para-hydroxylation sites is 1. The van der Waals surface area contributed by atoms with E-state index in [4.69, 9.17) is 5.84 Å². The third-order valence-corrected chi connectivity index (χ3v) is 4.25. The topological polar surface area (TPSA) is 58.4 Å². The maximum atomic E-state index is 13.7. The Morgan fingerprint density at radius 1 is 1.40 bits per heavy atom. The van der Waals surface area contributed by atoms with Crippen molar-refractivity contribution < 1.29 is 9.18 Å². The molecule has 1 saturated heterocycles. The van der Waals surface area contributed by atoms with Crippen LogP contribution in [-0.2, 0) is 0 Å². The number of hydrogen-bond donors (Lipinski definition) is 2. The minimum Gasteiger partial charge on any atom is -0.335 e. The molecule has 20 heavy (non-hydrogen) atoms. The van der Waals surface area contributed by atoms with Crippen LogP contribution in [-0.4, -0.2) is 23.4 Å². The Kier molecular flexibility index (Phi) is 4.28. The molecule has 0 radical (unpaired) electrons. The van der Waals surface area contributed by atoms with E-state index in [1.165, 1.54) is 12.1 Å². The molecule has 1 aromatic rings. The first-order valence-electron chi connectivity index (χ1n) is 7.01. The summed E-state index contributed by atoms with van der Waals surface area (Å²) in [6.07, 6.45) is 1.11. The molecule has 0 spiro atoms. The zero-order valence-electron chi connectivity index (χ0n) is 12.2. The number of halogens is 1. The monoisotopic (exact) mass is 279 g/mol. The molecule has 3 atom stereocenters. The van der Waals surface area contributed by atoms with Gasteiger partial charge in [-0.2, -0.15) is 0 Å². The number of carbonyl (C=O) groups excluding carboxylic acids is 1. The van der Waals surface area contributed by atoms with Gasteiger partial charge in [0.15, 0.2) is 0 Å². The SMILES string of the molecule is CC1CC(C)C(C)N(C(=O)c2cccc(F)c2NN)C1. The van der Waals surface area contributed by atoms with E-state index >= 15 is 0 Å². The highest BCUT2D eigenvalue weighted by Crippen LogP contribution is 2.30. The second-order valence-electron chi connectivity index (χ2n) is 5.82. The lowest BCUT2D eigenvalue weighted by atomic mass is 9.85. The van der Waals surface area contributed by atoms with Gasteiger partial charge in [0.05, 0.1) is 11.3 Å². The molecule has 0 aliphatic carbocycles. The highest BCUT2D eigenvalue weighted by atomic mass is 19.1. The number of hydrogen-bond acceptors (Lipinski definition) is 3. The minimum atomic E-state index is -0.510. The number of hydrazine groups is 1. The summed E-state index contributed by atoms with van der Waals surface area (Å²) in [7, 11) is 0. The minimum absolute atomic E-state index is 0.0654. The van der Waals surface area contributed by atoms with Crippen molar-refractivity contribution in [2.24, 2.45) is 17.7 Å². The summed E-state index contributed by atoms with van der Waals surface area (Å²) in [5.41, 5.74) is 2.66. The van der Waals surface area contributed by atoms with Crippen LogP contribution >= 0.6 is 0 Å². The highest BCUT2D eigenvalue weighted by Gasteiger charge is 2.33. The van der Waals surface area contributed by atoms with Gasteiger partial charge in [0, 0.05) is 12.6 Å². The van der Waals surface area contributed by atoms with E-state index in [1.54, 1.807) is 6.07 Å². The fourth-order valence-electron chi connectivity index (χ4n) is 2.99. The standard InChI is InChI=1S/C15H22FN3O/c1-9-7-10(2)11(3)19(8-9)15(20)12-5-4-6-13(16)14(12)18-17/h4-6,9-11,18H,7-8,17H2,1-3H3. The van der Waals surface area contributed by atoms with Gasteiger partial charge in [-0.15, -0.1) is 0 Å². The van der Waals surface area contributed by atoms with Crippen LogP contribution in [0.3, 0.4) is 0 Å². The summed E-state index contributed by atoms with van der Waals surface area (Å²) in [4.78, 5) is 14.5. The maximum Gasteiger partial charge on any atom is 0.256 e. The van der Waals surface area contributed by atoms with Gasteiger partial charge in [0.25, 0.3) is 5.91 Å². The Hall–Kier alpha value is -1.62. The number of amides is 1. The molecule has 1 aromatic carbocycles. The van der Waals surface area contributed by atoms with E-state index in [0.717, 1.165) is 6.42 Å². The van der Waals surface area contributed by atoms with Crippen LogP contribution in [0.5, 0.6) is 0 Å². The first-order chi connectivity index (χ1) is 9.45. The summed E-state index contributed by atoms with van der Waals surface area (Å²) in [5, 5.41) is 0. The maximum absolute atomic E-state index is 13.7. The quantitative estimate of drug-likeness (QED) is 0.646. The smallest absolute Gasteiger partial charge is 0.256 e. The number of nitrogens with two attached hydrogens (primary N) is 1. The average molecular weight is 279 g/mol. The van der Waals surface area contributed by atoms with Gasteiger partial charge in [-0.25, -0.2) is 4.39 Å². The molecule has 3 N–H and O–H groups in total. The fraction of sp³-hybridized carbons (Fsp3) is 0.533. The molecule has 1 fully saturated rings. The number of nitrogens with one attached hydrogen (secondary N) is 1. The third kappa shape index (κ3) is 2.63. The van der Waals surface area contributed by atoms with E-state index in [2.05, 4.69) is 19.3 Å². The second-order valence-corrected chi connectivity index (χ2v) is 5.82. The first kappa shape index (κ1) is 14.8. The number of nitrogen functional groups attached to an aromatic ring is 1. The molecule has 1 aliphatic rings. The molecule has 1 heterocycles. The number of carbonyl (C=O) groups is 1. The van der Waals surface area contributed by atoms with Gasteiger partial charge in [-0.3, -0.25) is 10.6 Å². The lowest BCUT2D eigenvalue weighted by molar-refractivity contribution is 0.0456. The van der Waals surface area contributed by atoms with Crippen molar-refractivity contribution in [1.82, 2.24) is 4.90 Å². The molecule has 2 rings (SSSR count). The summed E-state index contributed by atoms with van der Waals surface area (Å²) >= 11 is 0. The second kappa shape index (κ2) is 5.79. The van der Waals surface area contributed by atoms with Crippen LogP contribution in [0.1, 0.15) is 37.6 Å². The van der Waals surface area contributed by atoms with Crippen molar-refractivity contribution in [2.75, 3.05) is 12.0 Å². The molecule has 0 bridgehead atoms. The zero-order chi connectivity index (χ0) is 14.9. The summed E-state index contributed by atoms with van der Waals surface area (Å²) < 4.78 is 13.7. The number of anilines is 1. The van der Waals surface area contributed by atoms with Gasteiger partial charge < -0.3 is 10.3 Å². The molecule has 1 aliphatic heterocycles. The van der Waals surface area contributed by atoms with Gasteiger partial charge in [-0.1, -0.05) is 19.9 Å². The van der Waals surface area contributed by atoms with Gasteiger partial charge in [-0.05, 0) is 37.3 Å². The summed E-state index contributed by atoms with van der Waals surface area (Å²) in [6, 6.07) is 4.58. The Balaban J connectivity index is 2.33. The van der Waals surface area contributed by atoms with Gasteiger partial charge in [0.1, 0.15) is 5.82 Å². The van der Waals surface area contributed by atoms with E-state index in [0.29, 0.717) is 23.9 Å². The fourth-order valence-corrected chi connectivity index (χ4v) is 2.99. The average Bonchev–Trinajstić information content (AvgIpc) is 2.41.